The molecule has 216 valence electrons. The van der Waals surface area contributed by atoms with E-state index >= 15 is 0 Å². The predicted molar refractivity (Wildman–Crippen MR) is 151 cm³/mol. The highest BCUT2D eigenvalue weighted by Crippen LogP contribution is 2.34. The lowest BCUT2D eigenvalue weighted by molar-refractivity contribution is -0.113. The highest BCUT2D eigenvalue weighted by Gasteiger charge is 2.26. The summed E-state index contributed by atoms with van der Waals surface area (Å²) in [7, 11) is 1.68. The molecule has 2 aromatic heterocycles. The molecule has 0 fully saturated rings. The normalized spacial score (nSPS) is 11.5. The van der Waals surface area contributed by atoms with Gasteiger partial charge < -0.3 is 10.1 Å². The molecule has 0 atom stereocenters. The molecule has 3 rings (SSSR count). The topological polar surface area (TPSA) is 91.0 Å². The second kappa shape index (κ2) is 13.5. The molecule has 0 aliphatic carbocycles. The Bertz CT molecular complexity index is 1440. The average molecular weight is 580 g/mol. The summed E-state index contributed by atoms with van der Waals surface area (Å²) in [5, 5.41) is 10.5. The summed E-state index contributed by atoms with van der Waals surface area (Å²) in [6.07, 6.45) is 6.28. The van der Waals surface area contributed by atoms with Crippen LogP contribution in [-0.4, -0.2) is 43.0 Å². The number of allylic oxidation sites excluding steroid dienone is 1. The molecular formula is C28H33ClF3N5O3. The number of aryl methyl sites for hydroxylation is 1. The zero-order valence-electron chi connectivity index (χ0n) is 23.5. The van der Waals surface area contributed by atoms with E-state index in [1.165, 1.54) is 36.4 Å². The lowest BCUT2D eigenvalue weighted by atomic mass is 9.99. The Labute approximate surface area is 236 Å². The van der Waals surface area contributed by atoms with Crippen molar-refractivity contribution in [2.45, 2.75) is 53.6 Å². The molecule has 0 aliphatic rings. The molecule has 0 saturated heterocycles. The lowest BCUT2D eigenvalue weighted by Gasteiger charge is -2.19. The molecule has 12 heteroatoms. The van der Waals surface area contributed by atoms with Crippen LogP contribution in [0.5, 0.6) is 0 Å². The van der Waals surface area contributed by atoms with Crippen LogP contribution in [0.3, 0.4) is 0 Å². The van der Waals surface area contributed by atoms with Crippen LogP contribution in [0, 0.1) is 17.5 Å². The molecule has 0 radical (unpaired) electrons. The summed E-state index contributed by atoms with van der Waals surface area (Å²) in [5.74, 6) is -5.44. The quantitative estimate of drug-likeness (QED) is 0.245. The number of nitrogens with one attached hydrogen (secondary N) is 1. The number of amides is 1. The van der Waals surface area contributed by atoms with Crippen LogP contribution in [0.15, 0.2) is 25.0 Å². The number of benzene rings is 1. The molecule has 1 N–H and O–H groups in total. The number of carbonyl (C=O) groups is 2. The van der Waals surface area contributed by atoms with E-state index in [-0.39, 0.29) is 22.5 Å². The second-order valence-electron chi connectivity index (χ2n) is 9.77. The van der Waals surface area contributed by atoms with Gasteiger partial charge in [0.2, 0.25) is 5.91 Å². The molecule has 0 bridgehead atoms. The molecule has 0 spiro atoms. The Kier molecular flexibility index (Phi) is 10.9. The molecule has 40 heavy (non-hydrogen) atoms. The maximum absolute atomic E-state index is 15.0. The van der Waals surface area contributed by atoms with E-state index in [0.717, 1.165) is 4.68 Å². The van der Waals surface area contributed by atoms with Crippen LogP contribution in [0.25, 0.3) is 29.0 Å². The van der Waals surface area contributed by atoms with E-state index in [1.807, 2.05) is 5.32 Å². The standard InChI is InChI=1S/C25H25ClF3N5O3.C3H8/c1-7-18-15(8-13(2)20-16(27)9-17(21(28)22(20)29)31-19(35)10-26)23(14-11-30-33(6)12-14)32-34(18)24(36)37-25(3,4)5;1-3-2/h7-9,11-12H,1,10H2,2-6H3,(H,31,35);3H2,1-2H3/b13-8+;. The molecule has 1 amide bonds. The first-order chi connectivity index (χ1) is 18.7. The number of anilines is 1. The van der Waals surface area contributed by atoms with Gasteiger partial charge in [-0.3, -0.25) is 9.48 Å². The summed E-state index contributed by atoms with van der Waals surface area (Å²) in [6.45, 7) is 14.4. The van der Waals surface area contributed by atoms with Gasteiger partial charge in [0.1, 0.15) is 23.0 Å². The predicted octanol–water partition coefficient (Wildman–Crippen LogP) is 7.28. The summed E-state index contributed by atoms with van der Waals surface area (Å²) >= 11 is 5.37. The van der Waals surface area contributed by atoms with Crippen molar-refractivity contribution in [3.63, 3.8) is 0 Å². The number of halogens is 4. The minimum absolute atomic E-state index is 0.0268. The van der Waals surface area contributed by atoms with Crippen LogP contribution in [0.4, 0.5) is 23.7 Å². The van der Waals surface area contributed by atoms with E-state index in [9.17, 15) is 22.8 Å². The van der Waals surface area contributed by atoms with Crippen molar-refractivity contribution < 1.29 is 27.5 Å². The average Bonchev–Trinajstić information content (AvgIpc) is 3.44. The van der Waals surface area contributed by atoms with Crippen molar-refractivity contribution in [1.82, 2.24) is 19.6 Å². The molecule has 0 saturated carbocycles. The molecule has 3 aromatic rings. The number of rotatable bonds is 6. The molecule has 1 aromatic carbocycles. The summed E-state index contributed by atoms with van der Waals surface area (Å²) in [4.78, 5) is 24.4. The summed E-state index contributed by atoms with van der Waals surface area (Å²) in [6, 6.07) is 0.663. The van der Waals surface area contributed by atoms with Gasteiger partial charge in [0.25, 0.3) is 0 Å². The van der Waals surface area contributed by atoms with Crippen molar-refractivity contribution in [3.05, 3.63) is 59.3 Å². The van der Waals surface area contributed by atoms with E-state index in [2.05, 4.69) is 30.6 Å². The van der Waals surface area contributed by atoms with Crippen molar-refractivity contribution >= 4 is 47.0 Å². The fraction of sp³-hybridized carbons (Fsp3) is 0.357. The first-order valence-electron chi connectivity index (χ1n) is 12.4. The van der Waals surface area contributed by atoms with Gasteiger partial charge in [-0.05, 0) is 45.4 Å². The maximum atomic E-state index is 15.0. The van der Waals surface area contributed by atoms with E-state index in [1.54, 1.807) is 34.0 Å². The van der Waals surface area contributed by atoms with Gasteiger partial charge in [-0.25, -0.2) is 18.0 Å². The van der Waals surface area contributed by atoms with Crippen molar-refractivity contribution in [2.75, 3.05) is 11.2 Å². The largest absolute Gasteiger partial charge is 0.442 e. The van der Waals surface area contributed by atoms with Gasteiger partial charge in [0, 0.05) is 30.4 Å². The Balaban J connectivity index is 0.00000178. The fourth-order valence-corrected chi connectivity index (χ4v) is 3.57. The summed E-state index contributed by atoms with van der Waals surface area (Å²) in [5.41, 5.74) is -1.01. The lowest BCUT2D eigenvalue weighted by Crippen LogP contribution is -2.28. The summed E-state index contributed by atoms with van der Waals surface area (Å²) < 4.78 is 52.6. The SMILES string of the molecule is C=Cc1c(/C=C(\C)c2c(F)cc(NC(=O)CCl)c(F)c2F)c(-c2cnn(C)c2)nn1C(=O)OC(C)(C)C.CCC. The van der Waals surface area contributed by atoms with Crippen LogP contribution in [-0.2, 0) is 16.6 Å². The molecule has 2 heterocycles. The van der Waals surface area contributed by atoms with Crippen LogP contribution in [0.2, 0.25) is 0 Å². The minimum atomic E-state index is -1.51. The Morgan fingerprint density at radius 2 is 1.82 bits per heavy atom. The Morgan fingerprint density at radius 1 is 1.20 bits per heavy atom. The molecular weight excluding hydrogens is 547 g/mol. The Morgan fingerprint density at radius 3 is 2.33 bits per heavy atom. The second-order valence-corrected chi connectivity index (χ2v) is 10.0. The zero-order valence-corrected chi connectivity index (χ0v) is 24.3. The number of ether oxygens (including phenoxy) is 1. The third-order valence-electron chi connectivity index (χ3n) is 5.01. The van der Waals surface area contributed by atoms with Crippen LogP contribution < -0.4 is 5.32 Å². The van der Waals surface area contributed by atoms with E-state index in [0.29, 0.717) is 11.6 Å². The third-order valence-corrected chi connectivity index (χ3v) is 5.25. The van der Waals surface area contributed by atoms with Gasteiger partial charge in [0.15, 0.2) is 11.6 Å². The monoisotopic (exact) mass is 579 g/mol. The number of carbonyl (C=O) groups excluding carboxylic acids is 2. The molecule has 0 aliphatic heterocycles. The van der Waals surface area contributed by atoms with Crippen LogP contribution in [0.1, 0.15) is 64.8 Å². The van der Waals surface area contributed by atoms with Gasteiger partial charge >= 0.3 is 6.09 Å². The number of aromatic nitrogens is 4. The first-order valence-corrected chi connectivity index (χ1v) is 12.9. The highest BCUT2D eigenvalue weighted by molar-refractivity contribution is 6.29. The fourth-order valence-electron chi connectivity index (χ4n) is 3.50. The van der Waals surface area contributed by atoms with Crippen molar-refractivity contribution in [3.8, 4) is 11.3 Å². The smallest absolute Gasteiger partial charge is 0.435 e. The maximum Gasteiger partial charge on any atom is 0.435 e. The number of alkyl halides is 1. The highest BCUT2D eigenvalue weighted by atomic mass is 35.5. The minimum Gasteiger partial charge on any atom is -0.442 e. The number of hydrogen-bond acceptors (Lipinski definition) is 5. The van der Waals surface area contributed by atoms with E-state index in [4.69, 9.17) is 16.3 Å². The van der Waals surface area contributed by atoms with Gasteiger partial charge in [-0.2, -0.15) is 14.9 Å². The molecule has 0 unspecified atom stereocenters. The number of nitrogens with zero attached hydrogens (tertiary/aromatic N) is 4. The van der Waals surface area contributed by atoms with Crippen molar-refractivity contribution in [1.29, 1.82) is 0 Å². The Hall–Kier alpha value is -3.86. The van der Waals surface area contributed by atoms with Gasteiger partial charge in [-0.15, -0.1) is 11.6 Å². The van der Waals surface area contributed by atoms with Gasteiger partial charge in [0.05, 0.1) is 23.1 Å². The zero-order chi connectivity index (χ0) is 30.4. The van der Waals surface area contributed by atoms with Crippen LogP contribution >= 0.6 is 11.6 Å². The van der Waals surface area contributed by atoms with Crippen molar-refractivity contribution in [2.24, 2.45) is 7.05 Å². The third kappa shape index (κ3) is 7.62. The van der Waals surface area contributed by atoms with Gasteiger partial charge in [-0.1, -0.05) is 26.8 Å². The first kappa shape index (κ1) is 32.4. The molecule has 8 nitrogen and oxygen atoms in total. The van der Waals surface area contributed by atoms with E-state index < -0.39 is 52.2 Å². The number of hydrogen-bond donors (Lipinski definition) is 1.